The van der Waals surface area contributed by atoms with E-state index in [0.717, 1.165) is 61.5 Å². The molecule has 0 N–H and O–H groups in total. The second-order valence-electron chi connectivity index (χ2n) is 13.0. The summed E-state index contributed by atoms with van der Waals surface area (Å²) in [5, 5.41) is 0. The topological polar surface area (TPSA) is 64.5 Å². The van der Waals surface area contributed by atoms with Gasteiger partial charge in [-0.15, -0.1) is 0 Å². The SMILES string of the molecule is c1ccc(-c2ccc(-c3nc(-c4ccccc4)nc(-c4cccc(-c5ccc(-c6cc(-c7ccccc7)nc(-c7ccccc7)n6)cc5)c4)n3)cc2)cc1. The lowest BCUT2D eigenvalue weighted by molar-refractivity contribution is 1.07. The molecular formula is C49H33N5. The Morgan fingerprint density at radius 2 is 0.481 bits per heavy atom. The van der Waals surface area contributed by atoms with Crippen LogP contribution in [0, 0.1) is 0 Å². The third-order valence-corrected chi connectivity index (χ3v) is 9.38. The van der Waals surface area contributed by atoms with Gasteiger partial charge in [0.15, 0.2) is 23.3 Å². The molecule has 0 aliphatic carbocycles. The minimum absolute atomic E-state index is 0.618. The first-order chi connectivity index (χ1) is 26.7. The molecule has 0 amide bonds. The predicted molar refractivity (Wildman–Crippen MR) is 219 cm³/mol. The minimum atomic E-state index is 0.618. The highest BCUT2D eigenvalue weighted by molar-refractivity contribution is 5.77. The van der Waals surface area contributed by atoms with Crippen molar-refractivity contribution in [3.05, 3.63) is 200 Å². The molecule has 0 atom stereocenters. The van der Waals surface area contributed by atoms with Gasteiger partial charge < -0.3 is 0 Å². The van der Waals surface area contributed by atoms with Gasteiger partial charge in [-0.2, -0.15) is 0 Å². The first-order valence-electron chi connectivity index (χ1n) is 17.9. The number of rotatable bonds is 8. The standard InChI is InChI=1S/C49H33N5/c1-5-14-34(15-6-1)35-26-30-41(31-27-35)48-52-47(40-20-11-4-12-21-40)53-49(54-48)43-23-13-22-42(32-43)36-24-28-38(29-25-36)45-33-44(37-16-7-2-8-17-37)50-46(51-45)39-18-9-3-10-19-39/h1-33H. The van der Waals surface area contributed by atoms with Crippen molar-refractivity contribution in [1.29, 1.82) is 0 Å². The van der Waals surface area contributed by atoms with Crippen molar-refractivity contribution < 1.29 is 0 Å². The number of hydrogen-bond acceptors (Lipinski definition) is 5. The molecule has 0 spiro atoms. The molecule has 0 bridgehead atoms. The molecule has 2 heterocycles. The van der Waals surface area contributed by atoms with Gasteiger partial charge in [-0.05, 0) is 34.4 Å². The lowest BCUT2D eigenvalue weighted by Crippen LogP contribution is -2.00. The van der Waals surface area contributed by atoms with Crippen molar-refractivity contribution in [1.82, 2.24) is 24.9 Å². The highest BCUT2D eigenvalue weighted by atomic mass is 15.0. The van der Waals surface area contributed by atoms with E-state index in [1.165, 1.54) is 5.56 Å². The Morgan fingerprint density at radius 3 is 1.00 bits per heavy atom. The molecule has 5 heteroatoms. The molecule has 0 unspecified atom stereocenters. The molecule has 9 rings (SSSR count). The monoisotopic (exact) mass is 691 g/mol. The third kappa shape index (κ3) is 6.94. The van der Waals surface area contributed by atoms with Crippen molar-refractivity contribution in [2.45, 2.75) is 0 Å². The van der Waals surface area contributed by atoms with Gasteiger partial charge in [0.25, 0.3) is 0 Å². The Kier molecular flexibility index (Phi) is 8.86. The Bertz CT molecular complexity index is 2610. The first kappa shape index (κ1) is 32.5. The molecule has 9 aromatic rings. The van der Waals surface area contributed by atoms with E-state index in [1.807, 2.05) is 84.9 Å². The average molecular weight is 692 g/mol. The highest BCUT2D eigenvalue weighted by Crippen LogP contribution is 2.32. The van der Waals surface area contributed by atoms with Crippen LogP contribution in [0.5, 0.6) is 0 Å². The summed E-state index contributed by atoms with van der Waals surface area (Å²) >= 11 is 0. The predicted octanol–water partition coefficient (Wildman–Crippen LogP) is 12.0. The fraction of sp³-hybridized carbons (Fsp3) is 0. The van der Waals surface area contributed by atoms with Crippen LogP contribution < -0.4 is 0 Å². The van der Waals surface area contributed by atoms with Crippen LogP contribution >= 0.6 is 0 Å². The zero-order chi connectivity index (χ0) is 36.1. The average Bonchev–Trinajstić information content (AvgIpc) is 3.27. The van der Waals surface area contributed by atoms with Crippen LogP contribution in [0.25, 0.3) is 90.3 Å². The van der Waals surface area contributed by atoms with Crippen LogP contribution in [-0.2, 0) is 0 Å². The molecule has 7 aromatic carbocycles. The lowest BCUT2D eigenvalue weighted by atomic mass is 10.00. The fourth-order valence-electron chi connectivity index (χ4n) is 6.53. The van der Waals surface area contributed by atoms with Crippen LogP contribution in [0.4, 0.5) is 0 Å². The van der Waals surface area contributed by atoms with Gasteiger partial charge in [-0.3, -0.25) is 0 Å². The second-order valence-corrected chi connectivity index (χ2v) is 13.0. The molecule has 0 fully saturated rings. The van der Waals surface area contributed by atoms with E-state index in [-0.39, 0.29) is 0 Å². The summed E-state index contributed by atoms with van der Waals surface area (Å²) in [6.07, 6.45) is 0. The molecule has 54 heavy (non-hydrogen) atoms. The van der Waals surface area contributed by atoms with Crippen molar-refractivity contribution in [3.8, 4) is 90.3 Å². The maximum Gasteiger partial charge on any atom is 0.164 e. The van der Waals surface area contributed by atoms with Gasteiger partial charge in [-0.25, -0.2) is 24.9 Å². The van der Waals surface area contributed by atoms with Crippen molar-refractivity contribution in [2.75, 3.05) is 0 Å². The van der Waals surface area contributed by atoms with Gasteiger partial charge in [0.1, 0.15) is 0 Å². The maximum absolute atomic E-state index is 5.02. The van der Waals surface area contributed by atoms with Crippen LogP contribution in [0.3, 0.4) is 0 Å². The zero-order valence-corrected chi connectivity index (χ0v) is 29.3. The quantitative estimate of drug-likeness (QED) is 0.159. The van der Waals surface area contributed by atoms with E-state index < -0.39 is 0 Å². The van der Waals surface area contributed by atoms with Crippen LogP contribution in [-0.4, -0.2) is 24.9 Å². The molecule has 0 aliphatic rings. The van der Waals surface area contributed by atoms with Crippen molar-refractivity contribution >= 4 is 0 Å². The van der Waals surface area contributed by atoms with Crippen LogP contribution in [0.15, 0.2) is 200 Å². The van der Waals surface area contributed by atoms with Crippen molar-refractivity contribution in [2.24, 2.45) is 0 Å². The number of benzene rings is 7. The number of aromatic nitrogens is 5. The summed E-state index contributed by atoms with van der Waals surface area (Å²) in [6, 6.07) is 68.2. The first-order valence-corrected chi connectivity index (χ1v) is 17.9. The van der Waals surface area contributed by atoms with Gasteiger partial charge in [0.2, 0.25) is 0 Å². The van der Waals surface area contributed by atoms with Gasteiger partial charge in [0, 0.05) is 33.4 Å². The molecule has 2 aromatic heterocycles. The molecular weight excluding hydrogens is 659 g/mol. The molecule has 0 saturated heterocycles. The largest absolute Gasteiger partial charge is 0.228 e. The fourth-order valence-corrected chi connectivity index (χ4v) is 6.53. The molecule has 254 valence electrons. The maximum atomic E-state index is 5.02. The van der Waals surface area contributed by atoms with Gasteiger partial charge >= 0.3 is 0 Å². The number of hydrogen-bond donors (Lipinski definition) is 0. The Labute approximate surface area is 314 Å². The summed E-state index contributed by atoms with van der Waals surface area (Å²) in [6.45, 7) is 0. The number of nitrogens with zero attached hydrogens (tertiary/aromatic N) is 5. The van der Waals surface area contributed by atoms with E-state index >= 15 is 0 Å². The van der Waals surface area contributed by atoms with E-state index in [1.54, 1.807) is 0 Å². The van der Waals surface area contributed by atoms with E-state index in [0.29, 0.717) is 23.3 Å². The highest BCUT2D eigenvalue weighted by Gasteiger charge is 2.14. The third-order valence-electron chi connectivity index (χ3n) is 9.38. The van der Waals surface area contributed by atoms with Crippen LogP contribution in [0.1, 0.15) is 0 Å². The molecule has 5 nitrogen and oxygen atoms in total. The van der Waals surface area contributed by atoms with Gasteiger partial charge in [0.05, 0.1) is 11.4 Å². The molecule has 0 saturated carbocycles. The lowest BCUT2D eigenvalue weighted by Gasteiger charge is -2.11. The molecule has 0 aliphatic heterocycles. The zero-order valence-electron chi connectivity index (χ0n) is 29.3. The summed E-state index contributed by atoms with van der Waals surface area (Å²) in [5.74, 6) is 2.57. The summed E-state index contributed by atoms with van der Waals surface area (Å²) in [4.78, 5) is 24.9. The van der Waals surface area contributed by atoms with Crippen molar-refractivity contribution in [3.63, 3.8) is 0 Å². The summed E-state index contributed by atoms with van der Waals surface area (Å²) in [5.41, 5.74) is 12.0. The van der Waals surface area contributed by atoms with Gasteiger partial charge in [-0.1, -0.05) is 188 Å². The Morgan fingerprint density at radius 1 is 0.185 bits per heavy atom. The second kappa shape index (κ2) is 14.7. The van der Waals surface area contributed by atoms with E-state index in [9.17, 15) is 0 Å². The normalized spacial score (nSPS) is 11.0. The Balaban J connectivity index is 1.06. The van der Waals surface area contributed by atoms with E-state index in [4.69, 9.17) is 24.9 Å². The molecule has 0 radical (unpaired) electrons. The smallest absolute Gasteiger partial charge is 0.164 e. The van der Waals surface area contributed by atoms with E-state index in [2.05, 4.69) is 115 Å². The minimum Gasteiger partial charge on any atom is -0.228 e. The Hall–Kier alpha value is -7.37. The summed E-state index contributed by atoms with van der Waals surface area (Å²) < 4.78 is 0. The van der Waals surface area contributed by atoms with Crippen LogP contribution in [0.2, 0.25) is 0 Å². The summed E-state index contributed by atoms with van der Waals surface area (Å²) in [7, 11) is 0.